The Kier molecular flexibility index (Phi) is 5.42. The van der Waals surface area contributed by atoms with Crippen LogP contribution in [0.2, 0.25) is 0 Å². The fraction of sp³-hybridized carbons (Fsp3) is 0.478. The van der Waals surface area contributed by atoms with Crippen molar-refractivity contribution in [3.8, 4) is 11.5 Å². The van der Waals surface area contributed by atoms with Gasteiger partial charge in [0.15, 0.2) is 0 Å². The van der Waals surface area contributed by atoms with Gasteiger partial charge in [0, 0.05) is 56.1 Å². The van der Waals surface area contributed by atoms with E-state index in [1.807, 2.05) is 0 Å². The van der Waals surface area contributed by atoms with Crippen LogP contribution in [0.5, 0.6) is 11.5 Å². The van der Waals surface area contributed by atoms with Crippen molar-refractivity contribution in [1.29, 1.82) is 0 Å². The molecule has 0 amide bonds. The number of anilines is 2. The van der Waals surface area contributed by atoms with Crippen LogP contribution >= 0.6 is 0 Å². The van der Waals surface area contributed by atoms with Gasteiger partial charge in [-0.2, -0.15) is 0 Å². The summed E-state index contributed by atoms with van der Waals surface area (Å²) in [6, 6.07) is 13.3. The van der Waals surface area contributed by atoms with Crippen LogP contribution in [0.25, 0.3) is 0 Å². The lowest BCUT2D eigenvalue weighted by Crippen LogP contribution is -2.18. The third-order valence-corrected chi connectivity index (χ3v) is 5.86. The molecule has 2 heterocycles. The first-order valence-corrected chi connectivity index (χ1v) is 10.1. The molecule has 0 saturated carbocycles. The molecule has 27 heavy (non-hydrogen) atoms. The molecule has 2 saturated heterocycles. The number of hydrogen-bond donors (Lipinski definition) is 0. The summed E-state index contributed by atoms with van der Waals surface area (Å²) in [7, 11) is 3.53. The maximum absolute atomic E-state index is 5.72. The van der Waals surface area contributed by atoms with Crippen LogP contribution in [0.4, 0.5) is 11.4 Å². The minimum absolute atomic E-state index is 0.812. The van der Waals surface area contributed by atoms with Crippen LogP contribution in [0.3, 0.4) is 0 Å². The third-order valence-electron chi connectivity index (χ3n) is 5.86. The van der Waals surface area contributed by atoms with E-state index in [-0.39, 0.29) is 0 Å². The molecular weight excluding hydrogens is 336 g/mol. The Labute approximate surface area is 162 Å². The van der Waals surface area contributed by atoms with Crippen molar-refractivity contribution in [1.82, 2.24) is 0 Å². The van der Waals surface area contributed by atoms with E-state index in [4.69, 9.17) is 9.47 Å². The standard InChI is InChI=1S/C23H30N2O2/c1-26-22-16-20(24-11-3-4-12-24)9-7-18(22)15-19-8-10-21(17-23(19)27-2)25-13-5-6-14-25/h7-10,16-17H,3-6,11-15H2,1-2H3. The zero-order valence-electron chi connectivity index (χ0n) is 16.5. The highest BCUT2D eigenvalue weighted by Crippen LogP contribution is 2.33. The van der Waals surface area contributed by atoms with Crippen molar-refractivity contribution in [2.45, 2.75) is 32.1 Å². The maximum atomic E-state index is 5.72. The Bertz CT molecular complexity index is 712. The van der Waals surface area contributed by atoms with E-state index in [1.165, 1.54) is 48.2 Å². The van der Waals surface area contributed by atoms with E-state index in [9.17, 15) is 0 Å². The van der Waals surface area contributed by atoms with Gasteiger partial charge in [-0.25, -0.2) is 0 Å². The predicted octanol–water partition coefficient (Wildman–Crippen LogP) is 4.50. The first-order chi connectivity index (χ1) is 13.3. The molecule has 0 aromatic heterocycles. The smallest absolute Gasteiger partial charge is 0.124 e. The van der Waals surface area contributed by atoms with Crippen LogP contribution in [-0.4, -0.2) is 40.4 Å². The van der Waals surface area contributed by atoms with Crippen molar-refractivity contribution in [2.24, 2.45) is 0 Å². The molecule has 2 fully saturated rings. The third kappa shape index (κ3) is 3.85. The summed E-state index contributed by atoms with van der Waals surface area (Å²) in [6.45, 7) is 4.59. The molecule has 2 aliphatic rings. The normalized spacial score (nSPS) is 16.8. The van der Waals surface area contributed by atoms with Crippen LogP contribution in [0.15, 0.2) is 36.4 Å². The summed E-state index contributed by atoms with van der Waals surface area (Å²) >= 11 is 0. The van der Waals surface area contributed by atoms with Gasteiger partial charge >= 0.3 is 0 Å². The molecule has 0 radical (unpaired) electrons. The molecule has 0 aliphatic carbocycles. The highest BCUT2D eigenvalue weighted by molar-refractivity contribution is 5.58. The average molecular weight is 367 g/mol. The van der Waals surface area contributed by atoms with Gasteiger partial charge in [0.05, 0.1) is 14.2 Å². The van der Waals surface area contributed by atoms with E-state index < -0.39 is 0 Å². The summed E-state index contributed by atoms with van der Waals surface area (Å²) in [5, 5.41) is 0. The molecule has 4 heteroatoms. The number of methoxy groups -OCH3 is 2. The van der Waals surface area contributed by atoms with Gasteiger partial charge in [0.1, 0.15) is 11.5 Å². The minimum atomic E-state index is 0.812. The van der Waals surface area contributed by atoms with Gasteiger partial charge in [0.2, 0.25) is 0 Å². The van der Waals surface area contributed by atoms with E-state index >= 15 is 0 Å². The Morgan fingerprint density at radius 3 is 1.44 bits per heavy atom. The fourth-order valence-corrected chi connectivity index (χ4v) is 4.31. The van der Waals surface area contributed by atoms with Crippen molar-refractivity contribution in [3.05, 3.63) is 47.5 Å². The van der Waals surface area contributed by atoms with Crippen molar-refractivity contribution in [3.63, 3.8) is 0 Å². The van der Waals surface area contributed by atoms with Gasteiger partial charge in [-0.05, 0) is 48.9 Å². The quantitative estimate of drug-likeness (QED) is 0.752. The second-order valence-corrected chi connectivity index (χ2v) is 7.56. The van der Waals surface area contributed by atoms with Crippen molar-refractivity contribution in [2.75, 3.05) is 50.2 Å². The number of ether oxygens (including phenoxy) is 2. The van der Waals surface area contributed by atoms with E-state index in [1.54, 1.807) is 14.2 Å². The SMILES string of the molecule is COc1cc(N2CCCC2)ccc1Cc1ccc(N2CCCC2)cc1OC. The van der Waals surface area contributed by atoms with Gasteiger partial charge in [-0.3, -0.25) is 0 Å². The highest BCUT2D eigenvalue weighted by atomic mass is 16.5. The number of hydrogen-bond acceptors (Lipinski definition) is 4. The van der Waals surface area contributed by atoms with E-state index in [2.05, 4.69) is 46.2 Å². The second-order valence-electron chi connectivity index (χ2n) is 7.56. The van der Waals surface area contributed by atoms with Gasteiger partial charge < -0.3 is 19.3 Å². The molecule has 4 nitrogen and oxygen atoms in total. The van der Waals surface area contributed by atoms with E-state index in [0.717, 1.165) is 44.1 Å². The topological polar surface area (TPSA) is 24.9 Å². The summed E-state index contributed by atoms with van der Waals surface area (Å²) in [5.41, 5.74) is 4.94. The number of benzene rings is 2. The molecule has 2 aromatic rings. The lowest BCUT2D eigenvalue weighted by molar-refractivity contribution is 0.405. The first-order valence-electron chi connectivity index (χ1n) is 10.1. The number of rotatable bonds is 6. The number of nitrogens with zero attached hydrogens (tertiary/aromatic N) is 2. The molecule has 0 bridgehead atoms. The first kappa shape index (κ1) is 18.0. The molecular formula is C23H30N2O2. The van der Waals surface area contributed by atoms with Crippen molar-refractivity contribution < 1.29 is 9.47 Å². The summed E-state index contributed by atoms with van der Waals surface area (Å²) in [6.07, 6.45) is 5.94. The fourth-order valence-electron chi connectivity index (χ4n) is 4.31. The Morgan fingerprint density at radius 2 is 1.07 bits per heavy atom. The zero-order chi connectivity index (χ0) is 18.6. The summed E-state index contributed by atoms with van der Waals surface area (Å²) < 4.78 is 11.4. The van der Waals surface area contributed by atoms with Crippen molar-refractivity contribution >= 4 is 11.4 Å². The molecule has 2 aromatic carbocycles. The Morgan fingerprint density at radius 1 is 0.667 bits per heavy atom. The molecule has 2 aliphatic heterocycles. The average Bonchev–Trinajstić information content (AvgIpc) is 3.42. The zero-order valence-corrected chi connectivity index (χ0v) is 16.5. The lowest BCUT2D eigenvalue weighted by Gasteiger charge is -2.21. The van der Waals surface area contributed by atoms with Gasteiger partial charge in [0.25, 0.3) is 0 Å². The second kappa shape index (κ2) is 8.12. The Hall–Kier alpha value is -2.36. The predicted molar refractivity (Wildman–Crippen MR) is 112 cm³/mol. The molecule has 144 valence electrons. The molecule has 0 unspecified atom stereocenters. The van der Waals surface area contributed by atoms with Crippen LogP contribution < -0.4 is 19.3 Å². The molecule has 4 rings (SSSR count). The molecule has 0 atom stereocenters. The summed E-state index contributed by atoms with van der Waals surface area (Å²) in [5.74, 6) is 1.93. The highest BCUT2D eigenvalue weighted by Gasteiger charge is 2.17. The Balaban J connectivity index is 1.57. The van der Waals surface area contributed by atoms with Crippen LogP contribution in [-0.2, 0) is 6.42 Å². The van der Waals surface area contributed by atoms with Crippen LogP contribution in [0, 0.1) is 0 Å². The maximum Gasteiger partial charge on any atom is 0.124 e. The van der Waals surface area contributed by atoms with Gasteiger partial charge in [-0.1, -0.05) is 12.1 Å². The van der Waals surface area contributed by atoms with E-state index in [0.29, 0.717) is 0 Å². The summed E-state index contributed by atoms with van der Waals surface area (Å²) in [4.78, 5) is 4.88. The molecule has 0 N–H and O–H groups in total. The largest absolute Gasteiger partial charge is 0.496 e. The minimum Gasteiger partial charge on any atom is -0.496 e. The monoisotopic (exact) mass is 366 g/mol. The van der Waals surface area contributed by atoms with Gasteiger partial charge in [-0.15, -0.1) is 0 Å². The lowest BCUT2D eigenvalue weighted by atomic mass is 10.0. The van der Waals surface area contributed by atoms with Crippen LogP contribution in [0.1, 0.15) is 36.8 Å². The molecule has 0 spiro atoms.